The highest BCUT2D eigenvalue weighted by Gasteiger charge is 2.12. The van der Waals surface area contributed by atoms with Gasteiger partial charge in [-0.1, -0.05) is 6.92 Å². The average molecular weight is 157 g/mol. The van der Waals surface area contributed by atoms with Crippen molar-refractivity contribution in [3.8, 4) is 0 Å². The lowest BCUT2D eigenvalue weighted by atomic mass is 10.3. The zero-order valence-electron chi connectivity index (χ0n) is 4.90. The number of aliphatic hydroxyl groups is 1. The van der Waals surface area contributed by atoms with Gasteiger partial charge in [0, 0.05) is 0 Å². The van der Waals surface area contributed by atoms with E-state index in [-0.39, 0.29) is 18.8 Å². The molecule has 1 unspecified atom stereocenters. The molecule has 0 radical (unpaired) electrons. The van der Waals surface area contributed by atoms with Crippen LogP contribution in [0.25, 0.3) is 0 Å². The minimum absolute atomic E-state index is 0. The highest BCUT2D eigenvalue weighted by molar-refractivity contribution is 5.85. The fourth-order valence-corrected chi connectivity index (χ4v) is 0.228. The van der Waals surface area contributed by atoms with Crippen LogP contribution in [0.1, 0.15) is 13.3 Å². The van der Waals surface area contributed by atoms with Crippen molar-refractivity contribution >= 4 is 18.4 Å². The van der Waals surface area contributed by atoms with Crippen LogP contribution >= 0.6 is 12.4 Å². The molecule has 0 heterocycles. The van der Waals surface area contributed by atoms with Crippen molar-refractivity contribution in [1.82, 2.24) is 0 Å². The van der Waals surface area contributed by atoms with Gasteiger partial charge in [-0.2, -0.15) is 5.26 Å². The number of carbonyl (C=O) groups is 1. The number of halogens is 1. The van der Waals surface area contributed by atoms with Gasteiger partial charge in [-0.15, -0.1) is 12.4 Å². The van der Waals surface area contributed by atoms with E-state index >= 15 is 0 Å². The first-order chi connectivity index (χ1) is 3.72. The third kappa shape index (κ3) is 4.20. The maximum atomic E-state index is 10.0. The summed E-state index contributed by atoms with van der Waals surface area (Å²) in [6.45, 7) is 1.60. The molecule has 0 bridgehead atoms. The van der Waals surface area contributed by atoms with Gasteiger partial charge in [0.2, 0.25) is 0 Å². The molecule has 0 amide bonds. The molecule has 2 N–H and O–H groups in total. The summed E-state index contributed by atoms with van der Waals surface area (Å²) in [6, 6.07) is 0. The van der Waals surface area contributed by atoms with Gasteiger partial charge in [0.25, 0.3) is 0 Å². The number of carbonyl (C=O) groups excluding carboxylic acids is 1. The van der Waals surface area contributed by atoms with Gasteiger partial charge in [0.15, 0.2) is 6.10 Å². The van der Waals surface area contributed by atoms with Crippen LogP contribution in [0.4, 0.5) is 0 Å². The van der Waals surface area contributed by atoms with E-state index in [4.69, 9.17) is 10.4 Å². The van der Waals surface area contributed by atoms with Crippen LogP contribution in [0.15, 0.2) is 0 Å². The molecule has 0 aromatic heterocycles. The van der Waals surface area contributed by atoms with Crippen LogP contribution in [0, 0.1) is 0 Å². The largest absolute Gasteiger partial charge is 0.381 e. The van der Waals surface area contributed by atoms with E-state index in [2.05, 4.69) is 4.89 Å². The summed E-state index contributed by atoms with van der Waals surface area (Å²) >= 11 is 0. The first kappa shape index (κ1) is 11.5. The van der Waals surface area contributed by atoms with Gasteiger partial charge in [-0.05, 0) is 6.42 Å². The fraction of sp³-hybridized carbons (Fsp3) is 0.750. The maximum absolute atomic E-state index is 10.0. The lowest BCUT2D eigenvalue weighted by Crippen LogP contribution is -2.20. The second-order valence-electron chi connectivity index (χ2n) is 1.33. The normalized spacial score (nSPS) is 11.4. The zero-order valence-corrected chi connectivity index (χ0v) is 5.72. The first-order valence-corrected chi connectivity index (χ1v) is 2.25. The number of aliphatic hydroxyl groups excluding tert-OH is 1. The van der Waals surface area contributed by atoms with Crippen molar-refractivity contribution in [2.24, 2.45) is 0 Å². The van der Waals surface area contributed by atoms with Gasteiger partial charge in [0.1, 0.15) is 0 Å². The SMILES string of the molecule is CCC(O)C(=O)OO.Cl. The fourth-order valence-electron chi connectivity index (χ4n) is 0.228. The summed E-state index contributed by atoms with van der Waals surface area (Å²) in [5.41, 5.74) is 0. The highest BCUT2D eigenvalue weighted by Crippen LogP contribution is 1.90. The molecule has 0 fully saturated rings. The molecule has 9 heavy (non-hydrogen) atoms. The Labute approximate surface area is 58.8 Å². The monoisotopic (exact) mass is 156 g/mol. The van der Waals surface area contributed by atoms with Crippen molar-refractivity contribution in [2.45, 2.75) is 19.4 Å². The Kier molecular flexibility index (Phi) is 7.41. The molecule has 4 nitrogen and oxygen atoms in total. The molecular weight excluding hydrogens is 147 g/mol. The van der Waals surface area contributed by atoms with E-state index in [0.717, 1.165) is 0 Å². The van der Waals surface area contributed by atoms with Crippen LogP contribution in [-0.2, 0) is 9.68 Å². The molecule has 0 saturated heterocycles. The summed E-state index contributed by atoms with van der Waals surface area (Å²) in [4.78, 5) is 13.2. The van der Waals surface area contributed by atoms with Crippen molar-refractivity contribution in [3.63, 3.8) is 0 Å². The third-order valence-corrected chi connectivity index (χ3v) is 0.749. The molecule has 0 aliphatic rings. The smallest absolute Gasteiger partial charge is 0.370 e. The van der Waals surface area contributed by atoms with Crippen LogP contribution < -0.4 is 0 Å². The number of rotatable bonds is 2. The molecule has 0 aliphatic carbocycles. The van der Waals surface area contributed by atoms with Crippen LogP contribution in [0.2, 0.25) is 0 Å². The first-order valence-electron chi connectivity index (χ1n) is 2.25. The Bertz CT molecular complexity index is 84.6. The van der Waals surface area contributed by atoms with Crippen LogP contribution in [0.5, 0.6) is 0 Å². The predicted molar refractivity (Wildman–Crippen MR) is 32.3 cm³/mol. The Balaban J connectivity index is 0. The average Bonchev–Trinajstić information content (AvgIpc) is 1.84. The van der Waals surface area contributed by atoms with Gasteiger partial charge < -0.3 is 5.11 Å². The van der Waals surface area contributed by atoms with Gasteiger partial charge in [0.05, 0.1) is 0 Å². The summed E-state index contributed by atoms with van der Waals surface area (Å²) < 4.78 is 0. The Morgan fingerprint density at radius 1 is 1.78 bits per heavy atom. The van der Waals surface area contributed by atoms with E-state index in [9.17, 15) is 4.79 Å². The van der Waals surface area contributed by atoms with E-state index in [1.54, 1.807) is 6.92 Å². The lowest BCUT2D eigenvalue weighted by Gasteiger charge is -1.99. The molecule has 0 rings (SSSR count). The summed E-state index contributed by atoms with van der Waals surface area (Å²) in [6.07, 6.45) is -0.945. The summed E-state index contributed by atoms with van der Waals surface area (Å²) in [5, 5.41) is 16.1. The second-order valence-corrected chi connectivity index (χ2v) is 1.33. The predicted octanol–water partition coefficient (Wildman–Crippen LogP) is 0.195. The van der Waals surface area contributed by atoms with Crippen molar-refractivity contribution < 1.29 is 20.0 Å². The van der Waals surface area contributed by atoms with E-state index in [1.165, 1.54) is 0 Å². The Morgan fingerprint density at radius 3 is 2.33 bits per heavy atom. The second kappa shape index (κ2) is 5.81. The molecule has 0 aromatic carbocycles. The topological polar surface area (TPSA) is 66.8 Å². The standard InChI is InChI=1S/C4H8O4.ClH/c1-2-3(5)4(6)8-7;/h3,5,7H,2H2,1H3;1H. The minimum atomic E-state index is -1.19. The summed E-state index contributed by atoms with van der Waals surface area (Å²) in [5.74, 6) is -1.01. The van der Waals surface area contributed by atoms with E-state index in [0.29, 0.717) is 0 Å². The van der Waals surface area contributed by atoms with Gasteiger partial charge >= 0.3 is 5.97 Å². The van der Waals surface area contributed by atoms with Crippen LogP contribution in [0.3, 0.4) is 0 Å². The van der Waals surface area contributed by atoms with E-state index < -0.39 is 12.1 Å². The minimum Gasteiger partial charge on any atom is -0.381 e. The molecule has 0 aliphatic heterocycles. The number of hydrogen-bond acceptors (Lipinski definition) is 4. The molecule has 5 heteroatoms. The Hall–Kier alpha value is -0.320. The summed E-state index contributed by atoms with van der Waals surface area (Å²) in [7, 11) is 0. The van der Waals surface area contributed by atoms with Crippen molar-refractivity contribution in [3.05, 3.63) is 0 Å². The molecule has 56 valence electrons. The molecule has 0 aromatic rings. The van der Waals surface area contributed by atoms with Crippen LogP contribution in [-0.4, -0.2) is 22.4 Å². The molecule has 0 spiro atoms. The molecule has 0 saturated carbocycles. The number of hydrogen-bond donors (Lipinski definition) is 2. The van der Waals surface area contributed by atoms with Crippen molar-refractivity contribution in [2.75, 3.05) is 0 Å². The maximum Gasteiger partial charge on any atom is 0.370 e. The quantitative estimate of drug-likeness (QED) is 0.443. The zero-order chi connectivity index (χ0) is 6.57. The molecular formula is C4H9ClO4. The molecule has 1 atom stereocenters. The Morgan fingerprint density at radius 2 is 2.22 bits per heavy atom. The van der Waals surface area contributed by atoms with Gasteiger partial charge in [-0.3, -0.25) is 4.89 Å². The third-order valence-electron chi connectivity index (χ3n) is 0.749. The van der Waals surface area contributed by atoms with Crippen molar-refractivity contribution in [1.29, 1.82) is 0 Å². The van der Waals surface area contributed by atoms with E-state index in [1.807, 2.05) is 0 Å². The van der Waals surface area contributed by atoms with Gasteiger partial charge in [-0.25, -0.2) is 4.79 Å². The lowest BCUT2D eigenvalue weighted by molar-refractivity contribution is -0.242. The highest BCUT2D eigenvalue weighted by atomic mass is 35.5.